The van der Waals surface area contributed by atoms with Crippen LogP contribution in [0.5, 0.6) is 0 Å². The maximum absolute atomic E-state index is 12.5. The predicted molar refractivity (Wildman–Crippen MR) is 82.6 cm³/mol. The van der Waals surface area contributed by atoms with Crippen molar-refractivity contribution in [2.24, 2.45) is 5.92 Å². The maximum Gasteiger partial charge on any atom is 0.433 e. The molecule has 1 aliphatic heterocycles. The molecule has 1 saturated heterocycles. The van der Waals surface area contributed by atoms with Crippen molar-refractivity contribution < 1.29 is 22.7 Å². The van der Waals surface area contributed by atoms with Crippen molar-refractivity contribution in [3.05, 3.63) is 29.6 Å². The highest BCUT2D eigenvalue weighted by Gasteiger charge is 2.32. The first-order valence-corrected chi connectivity index (χ1v) is 7.92. The number of nitrogens with one attached hydrogen (secondary N) is 1. The summed E-state index contributed by atoms with van der Waals surface area (Å²) >= 11 is 0. The van der Waals surface area contributed by atoms with Gasteiger partial charge in [0.1, 0.15) is 5.69 Å². The summed E-state index contributed by atoms with van der Waals surface area (Å²) in [6.45, 7) is 7.52. The largest absolute Gasteiger partial charge is 0.433 e. The molecule has 0 aliphatic carbocycles. The lowest BCUT2D eigenvalue weighted by molar-refractivity contribution is -0.141. The molecule has 1 aliphatic rings. The molecule has 1 amide bonds. The molecule has 134 valence electrons. The Morgan fingerprint density at radius 3 is 2.50 bits per heavy atom. The molecule has 24 heavy (non-hydrogen) atoms. The fourth-order valence-corrected chi connectivity index (χ4v) is 2.69. The maximum atomic E-state index is 12.5. The third-order valence-corrected chi connectivity index (χ3v) is 4.07. The molecule has 0 saturated carbocycles. The highest BCUT2D eigenvalue weighted by atomic mass is 19.4. The standard InChI is InChI=1S/C16H22F3N3O2/c1-11(2)13(22-5-7-24-8-6-22)10-21-15(23)12-3-4-14(20-9-12)16(17,18)19/h3-4,9,11,13H,5-8,10H2,1-2H3,(H,21,23). The van der Waals surface area contributed by atoms with Gasteiger partial charge in [0, 0.05) is 31.9 Å². The molecule has 1 fully saturated rings. The van der Waals surface area contributed by atoms with E-state index in [0.29, 0.717) is 25.7 Å². The van der Waals surface area contributed by atoms with Crippen molar-refractivity contribution >= 4 is 5.91 Å². The van der Waals surface area contributed by atoms with Crippen molar-refractivity contribution in [2.75, 3.05) is 32.8 Å². The van der Waals surface area contributed by atoms with Gasteiger partial charge in [-0.1, -0.05) is 13.8 Å². The summed E-state index contributed by atoms with van der Waals surface area (Å²) in [6.07, 6.45) is -3.55. The van der Waals surface area contributed by atoms with E-state index >= 15 is 0 Å². The van der Waals surface area contributed by atoms with E-state index in [-0.39, 0.29) is 11.6 Å². The van der Waals surface area contributed by atoms with E-state index in [1.807, 2.05) is 0 Å². The SMILES string of the molecule is CC(C)C(CNC(=O)c1ccc(C(F)(F)F)nc1)N1CCOCC1. The summed E-state index contributed by atoms with van der Waals surface area (Å²) in [5.74, 6) is -0.0933. The van der Waals surface area contributed by atoms with Crippen molar-refractivity contribution in [1.29, 1.82) is 0 Å². The Balaban J connectivity index is 1.95. The third kappa shape index (κ3) is 4.91. The molecule has 1 atom stereocenters. The second kappa shape index (κ2) is 7.94. The fraction of sp³-hybridized carbons (Fsp3) is 0.625. The van der Waals surface area contributed by atoms with Gasteiger partial charge in [0.2, 0.25) is 0 Å². The van der Waals surface area contributed by atoms with Crippen LogP contribution < -0.4 is 5.32 Å². The van der Waals surface area contributed by atoms with E-state index in [2.05, 4.69) is 29.0 Å². The Morgan fingerprint density at radius 2 is 2.00 bits per heavy atom. The number of amides is 1. The molecule has 2 rings (SSSR count). The molecule has 0 bridgehead atoms. The molecule has 0 aromatic carbocycles. The van der Waals surface area contributed by atoms with Gasteiger partial charge in [-0.2, -0.15) is 13.2 Å². The number of halogens is 3. The predicted octanol–water partition coefficient (Wildman–Crippen LogP) is 2.19. The van der Waals surface area contributed by atoms with Gasteiger partial charge in [0.15, 0.2) is 0 Å². The number of rotatable bonds is 5. The summed E-state index contributed by atoms with van der Waals surface area (Å²) in [6, 6.07) is 2.11. The quantitative estimate of drug-likeness (QED) is 0.889. The number of aromatic nitrogens is 1. The van der Waals surface area contributed by atoms with Crippen LogP contribution in [0.4, 0.5) is 13.2 Å². The van der Waals surface area contributed by atoms with Crippen molar-refractivity contribution in [2.45, 2.75) is 26.1 Å². The fourth-order valence-electron chi connectivity index (χ4n) is 2.69. The van der Waals surface area contributed by atoms with Crippen molar-refractivity contribution in [3.8, 4) is 0 Å². The van der Waals surface area contributed by atoms with Gasteiger partial charge in [-0.05, 0) is 18.1 Å². The molecule has 1 aromatic heterocycles. The lowest BCUT2D eigenvalue weighted by atomic mass is 10.0. The summed E-state index contributed by atoms with van der Waals surface area (Å²) in [7, 11) is 0. The summed E-state index contributed by atoms with van der Waals surface area (Å²) in [4.78, 5) is 17.7. The Labute approximate surface area is 139 Å². The number of alkyl halides is 3. The van der Waals surface area contributed by atoms with Gasteiger partial charge in [-0.15, -0.1) is 0 Å². The molecular formula is C16H22F3N3O2. The van der Waals surface area contributed by atoms with Gasteiger partial charge < -0.3 is 10.1 Å². The average molecular weight is 345 g/mol. The zero-order chi connectivity index (χ0) is 17.7. The molecule has 0 radical (unpaired) electrons. The molecule has 1 aromatic rings. The van der Waals surface area contributed by atoms with Gasteiger partial charge in [-0.25, -0.2) is 0 Å². The minimum atomic E-state index is -4.51. The van der Waals surface area contributed by atoms with E-state index in [1.165, 1.54) is 0 Å². The van der Waals surface area contributed by atoms with Crippen LogP contribution in [0, 0.1) is 5.92 Å². The topological polar surface area (TPSA) is 54.5 Å². The van der Waals surface area contributed by atoms with Crippen molar-refractivity contribution in [3.63, 3.8) is 0 Å². The van der Waals surface area contributed by atoms with E-state index in [0.717, 1.165) is 31.4 Å². The van der Waals surface area contributed by atoms with Gasteiger partial charge >= 0.3 is 6.18 Å². The minimum absolute atomic E-state index is 0.118. The van der Waals surface area contributed by atoms with Crippen LogP contribution in [0.2, 0.25) is 0 Å². The van der Waals surface area contributed by atoms with Crippen LogP contribution in [0.3, 0.4) is 0 Å². The highest BCUT2D eigenvalue weighted by Crippen LogP contribution is 2.27. The van der Waals surface area contributed by atoms with E-state index in [9.17, 15) is 18.0 Å². The number of morpholine rings is 1. The first kappa shape index (κ1) is 18.7. The lowest BCUT2D eigenvalue weighted by Gasteiger charge is -2.36. The normalized spacial score (nSPS) is 17.8. The molecule has 5 nitrogen and oxygen atoms in total. The van der Waals surface area contributed by atoms with Gasteiger partial charge in [0.05, 0.1) is 18.8 Å². The lowest BCUT2D eigenvalue weighted by Crippen LogP contribution is -2.51. The van der Waals surface area contributed by atoms with Crippen LogP contribution in [-0.2, 0) is 10.9 Å². The molecular weight excluding hydrogens is 323 g/mol. The number of carbonyl (C=O) groups is 1. The number of nitrogens with zero attached hydrogens (tertiary/aromatic N) is 2. The summed E-state index contributed by atoms with van der Waals surface area (Å²) in [5, 5.41) is 2.79. The van der Waals surface area contributed by atoms with Gasteiger partial charge in [0.25, 0.3) is 5.91 Å². The Morgan fingerprint density at radius 1 is 1.33 bits per heavy atom. The smallest absolute Gasteiger partial charge is 0.379 e. The number of ether oxygens (including phenoxy) is 1. The zero-order valence-corrected chi connectivity index (χ0v) is 13.8. The molecule has 1 unspecified atom stereocenters. The second-order valence-electron chi connectivity index (χ2n) is 6.10. The Kier molecular flexibility index (Phi) is 6.17. The minimum Gasteiger partial charge on any atom is -0.379 e. The van der Waals surface area contributed by atoms with Crippen LogP contribution >= 0.6 is 0 Å². The zero-order valence-electron chi connectivity index (χ0n) is 13.8. The molecule has 2 heterocycles. The summed E-state index contributed by atoms with van der Waals surface area (Å²) < 4.78 is 42.8. The Hall–Kier alpha value is -1.67. The van der Waals surface area contributed by atoms with Crippen LogP contribution in [0.15, 0.2) is 18.3 Å². The van der Waals surface area contributed by atoms with Crippen molar-refractivity contribution in [1.82, 2.24) is 15.2 Å². The number of hydrogen-bond acceptors (Lipinski definition) is 4. The summed E-state index contributed by atoms with van der Waals surface area (Å²) in [5.41, 5.74) is -0.889. The number of pyridine rings is 1. The van der Waals surface area contributed by atoms with E-state index < -0.39 is 17.8 Å². The second-order valence-corrected chi connectivity index (χ2v) is 6.10. The van der Waals surface area contributed by atoms with Crippen LogP contribution in [0.25, 0.3) is 0 Å². The van der Waals surface area contributed by atoms with Gasteiger partial charge in [-0.3, -0.25) is 14.7 Å². The highest BCUT2D eigenvalue weighted by molar-refractivity contribution is 5.93. The average Bonchev–Trinajstić information content (AvgIpc) is 2.55. The number of hydrogen-bond donors (Lipinski definition) is 1. The van der Waals surface area contributed by atoms with Crippen LogP contribution in [0.1, 0.15) is 29.9 Å². The first-order chi connectivity index (χ1) is 11.3. The third-order valence-electron chi connectivity index (χ3n) is 4.07. The number of carbonyl (C=O) groups excluding carboxylic acids is 1. The van der Waals surface area contributed by atoms with E-state index in [4.69, 9.17) is 4.74 Å². The monoisotopic (exact) mass is 345 g/mol. The molecule has 8 heteroatoms. The molecule has 1 N–H and O–H groups in total. The van der Waals surface area contributed by atoms with Crippen LogP contribution in [-0.4, -0.2) is 54.7 Å². The van der Waals surface area contributed by atoms with E-state index in [1.54, 1.807) is 0 Å². The Bertz CT molecular complexity index is 540. The first-order valence-electron chi connectivity index (χ1n) is 7.92. The molecule has 0 spiro atoms.